The number of hydrogen-bond acceptors (Lipinski definition) is 6. The standard InChI is InChI=1S/C24H29N5O5/c1-14(2)22(26-23(31)15-10-16(33-4)12-17(11-15)34-5)24(32)28-27-21(30)13-20-25-18-8-6-7-9-19(18)29(20)3/h6-12,14,22H,13H2,1-5H3,(H,26,31)(H,27,30)(H,28,32)/t22-/m0/s1. The van der Waals surface area contributed by atoms with Gasteiger partial charge in [-0.2, -0.15) is 0 Å². The number of carbonyl (C=O) groups excluding carboxylic acids is 3. The van der Waals surface area contributed by atoms with Gasteiger partial charge in [-0.3, -0.25) is 25.2 Å². The maximum absolute atomic E-state index is 12.8. The zero-order valence-electron chi connectivity index (χ0n) is 19.8. The monoisotopic (exact) mass is 467 g/mol. The molecule has 0 spiro atoms. The minimum Gasteiger partial charge on any atom is -0.497 e. The Hall–Kier alpha value is -4.08. The number of aryl methyl sites for hydroxylation is 1. The van der Waals surface area contributed by atoms with E-state index in [1.165, 1.54) is 14.2 Å². The van der Waals surface area contributed by atoms with E-state index in [1.54, 1.807) is 32.0 Å². The molecule has 0 aliphatic rings. The summed E-state index contributed by atoms with van der Waals surface area (Å²) in [4.78, 5) is 42.4. The van der Waals surface area contributed by atoms with E-state index in [0.29, 0.717) is 17.3 Å². The fourth-order valence-electron chi connectivity index (χ4n) is 3.45. The van der Waals surface area contributed by atoms with Crippen molar-refractivity contribution in [2.45, 2.75) is 26.3 Å². The highest BCUT2D eigenvalue weighted by Gasteiger charge is 2.26. The van der Waals surface area contributed by atoms with E-state index in [4.69, 9.17) is 9.47 Å². The normalized spacial score (nSPS) is 11.7. The van der Waals surface area contributed by atoms with Crippen LogP contribution in [0.15, 0.2) is 42.5 Å². The fraction of sp³-hybridized carbons (Fsp3) is 0.333. The quantitative estimate of drug-likeness (QED) is 0.434. The number of hydrogen-bond donors (Lipinski definition) is 3. The molecule has 0 saturated carbocycles. The Morgan fingerprint density at radius 2 is 1.65 bits per heavy atom. The van der Waals surface area contributed by atoms with Crippen LogP contribution in [0.4, 0.5) is 0 Å². The molecule has 3 amide bonds. The number of benzene rings is 2. The molecule has 2 aromatic carbocycles. The summed E-state index contributed by atoms with van der Waals surface area (Å²) < 4.78 is 12.2. The van der Waals surface area contributed by atoms with Crippen LogP contribution in [0.3, 0.4) is 0 Å². The van der Waals surface area contributed by atoms with Gasteiger partial charge in [0.25, 0.3) is 11.8 Å². The molecule has 3 rings (SSSR count). The number of fused-ring (bicyclic) bond motifs is 1. The molecule has 34 heavy (non-hydrogen) atoms. The first-order valence-corrected chi connectivity index (χ1v) is 10.8. The van der Waals surface area contributed by atoms with Crippen LogP contribution >= 0.6 is 0 Å². The second-order valence-corrected chi connectivity index (χ2v) is 8.09. The molecule has 180 valence electrons. The van der Waals surface area contributed by atoms with Gasteiger partial charge in [-0.1, -0.05) is 26.0 Å². The van der Waals surface area contributed by atoms with E-state index in [0.717, 1.165) is 11.0 Å². The predicted octanol–water partition coefficient (Wildman–Crippen LogP) is 1.73. The first-order valence-electron chi connectivity index (χ1n) is 10.8. The van der Waals surface area contributed by atoms with Crippen molar-refractivity contribution in [3.63, 3.8) is 0 Å². The van der Waals surface area contributed by atoms with Gasteiger partial charge in [0.1, 0.15) is 23.4 Å². The van der Waals surface area contributed by atoms with Gasteiger partial charge < -0.3 is 19.4 Å². The maximum atomic E-state index is 12.8. The molecule has 1 heterocycles. The minimum atomic E-state index is -0.888. The summed E-state index contributed by atoms with van der Waals surface area (Å²) in [5, 5.41) is 2.71. The van der Waals surface area contributed by atoms with E-state index in [1.807, 2.05) is 35.9 Å². The van der Waals surface area contributed by atoms with Gasteiger partial charge >= 0.3 is 0 Å². The Morgan fingerprint density at radius 1 is 1.00 bits per heavy atom. The number of ether oxygens (including phenoxy) is 2. The number of carbonyl (C=O) groups is 3. The number of hydrazine groups is 1. The average molecular weight is 468 g/mol. The molecule has 3 aromatic rings. The summed E-state index contributed by atoms with van der Waals surface area (Å²) in [6.45, 7) is 3.58. The maximum Gasteiger partial charge on any atom is 0.261 e. The molecule has 0 saturated heterocycles. The van der Waals surface area contributed by atoms with Gasteiger partial charge in [-0.15, -0.1) is 0 Å². The van der Waals surface area contributed by atoms with Crippen LogP contribution in [0.25, 0.3) is 11.0 Å². The summed E-state index contributed by atoms with van der Waals surface area (Å²) in [5.41, 5.74) is 6.78. The lowest BCUT2D eigenvalue weighted by Gasteiger charge is -2.22. The van der Waals surface area contributed by atoms with Gasteiger partial charge in [0.15, 0.2) is 0 Å². The second-order valence-electron chi connectivity index (χ2n) is 8.09. The van der Waals surface area contributed by atoms with Gasteiger partial charge in [0, 0.05) is 18.7 Å². The van der Waals surface area contributed by atoms with Crippen LogP contribution in [-0.2, 0) is 23.1 Å². The molecule has 0 bridgehead atoms. The zero-order valence-corrected chi connectivity index (χ0v) is 19.8. The molecule has 0 unspecified atom stereocenters. The Kier molecular flexibility index (Phi) is 7.72. The van der Waals surface area contributed by atoms with E-state index < -0.39 is 23.8 Å². The zero-order chi connectivity index (χ0) is 24.8. The molecule has 1 atom stereocenters. The van der Waals surface area contributed by atoms with E-state index in [-0.39, 0.29) is 17.9 Å². The summed E-state index contributed by atoms with van der Waals surface area (Å²) in [6.07, 6.45) is -0.0201. The first kappa shape index (κ1) is 24.6. The van der Waals surface area contributed by atoms with Crippen LogP contribution in [0.5, 0.6) is 11.5 Å². The van der Waals surface area contributed by atoms with Crippen molar-refractivity contribution in [1.29, 1.82) is 0 Å². The minimum absolute atomic E-state index is 0.0201. The summed E-state index contributed by atoms with van der Waals surface area (Å²) in [6, 6.07) is 11.4. The van der Waals surface area contributed by atoms with Gasteiger partial charge in [0.2, 0.25) is 5.91 Å². The van der Waals surface area contributed by atoms with Crippen molar-refractivity contribution < 1.29 is 23.9 Å². The molecule has 0 aliphatic carbocycles. The Balaban J connectivity index is 1.62. The molecule has 10 nitrogen and oxygen atoms in total. The Morgan fingerprint density at radius 3 is 2.24 bits per heavy atom. The van der Waals surface area contributed by atoms with E-state index >= 15 is 0 Å². The molecule has 0 radical (unpaired) electrons. The van der Waals surface area contributed by atoms with Crippen LogP contribution in [0.1, 0.15) is 30.0 Å². The highest BCUT2D eigenvalue weighted by molar-refractivity contribution is 5.98. The molecule has 10 heteroatoms. The number of rotatable bonds is 8. The highest BCUT2D eigenvalue weighted by Crippen LogP contribution is 2.22. The summed E-state index contributed by atoms with van der Waals surface area (Å²) in [7, 11) is 4.79. The molecule has 3 N–H and O–H groups in total. The summed E-state index contributed by atoms with van der Waals surface area (Å²) >= 11 is 0. The molecule has 0 fully saturated rings. The van der Waals surface area contributed by atoms with Crippen LogP contribution in [0.2, 0.25) is 0 Å². The number of imidazole rings is 1. The number of nitrogens with one attached hydrogen (secondary N) is 3. The average Bonchev–Trinajstić information content (AvgIpc) is 3.15. The SMILES string of the molecule is COc1cc(OC)cc(C(=O)N[C@H](C(=O)NNC(=O)Cc2nc3ccccc3n2C)C(C)C)c1. The highest BCUT2D eigenvalue weighted by atomic mass is 16.5. The third kappa shape index (κ3) is 5.64. The Labute approximate surface area is 197 Å². The Bertz CT molecular complexity index is 1180. The van der Waals surface area contributed by atoms with Gasteiger partial charge in [-0.25, -0.2) is 4.98 Å². The van der Waals surface area contributed by atoms with Crippen molar-refractivity contribution in [3.8, 4) is 11.5 Å². The van der Waals surface area contributed by atoms with E-state index in [9.17, 15) is 14.4 Å². The molecular weight excluding hydrogens is 438 g/mol. The smallest absolute Gasteiger partial charge is 0.261 e. The lowest BCUT2D eigenvalue weighted by molar-refractivity contribution is -0.130. The van der Waals surface area contributed by atoms with E-state index in [2.05, 4.69) is 21.2 Å². The number of para-hydroxylation sites is 2. The lowest BCUT2D eigenvalue weighted by Crippen LogP contribution is -2.54. The van der Waals surface area contributed by atoms with Crippen molar-refractivity contribution >= 4 is 28.8 Å². The third-order valence-electron chi connectivity index (χ3n) is 5.37. The number of amides is 3. The molecule has 1 aromatic heterocycles. The number of aromatic nitrogens is 2. The topological polar surface area (TPSA) is 124 Å². The number of nitrogens with zero attached hydrogens (tertiary/aromatic N) is 2. The third-order valence-corrected chi connectivity index (χ3v) is 5.37. The number of methoxy groups -OCH3 is 2. The van der Waals surface area contributed by atoms with Crippen molar-refractivity contribution in [2.75, 3.05) is 14.2 Å². The molecule has 0 aliphatic heterocycles. The van der Waals surface area contributed by atoms with Gasteiger partial charge in [-0.05, 0) is 30.2 Å². The second kappa shape index (κ2) is 10.7. The van der Waals surface area contributed by atoms with Crippen LogP contribution < -0.4 is 25.6 Å². The van der Waals surface area contributed by atoms with Crippen molar-refractivity contribution in [3.05, 3.63) is 53.9 Å². The lowest BCUT2D eigenvalue weighted by atomic mass is 10.0. The molecular formula is C24H29N5O5. The predicted molar refractivity (Wildman–Crippen MR) is 126 cm³/mol. The summed E-state index contributed by atoms with van der Waals surface area (Å²) in [5.74, 6) is -0.234. The fourth-order valence-corrected chi connectivity index (χ4v) is 3.45. The van der Waals surface area contributed by atoms with Crippen molar-refractivity contribution in [1.82, 2.24) is 25.7 Å². The first-order chi connectivity index (χ1) is 16.2. The van der Waals surface area contributed by atoms with Crippen molar-refractivity contribution in [2.24, 2.45) is 13.0 Å². The van der Waals surface area contributed by atoms with Gasteiger partial charge in [0.05, 0.1) is 31.7 Å². The largest absolute Gasteiger partial charge is 0.497 e. The van der Waals surface area contributed by atoms with Crippen LogP contribution in [-0.4, -0.2) is 47.5 Å². The van der Waals surface area contributed by atoms with Crippen LogP contribution in [0, 0.1) is 5.92 Å².